The molecule has 2 aliphatic rings. The van der Waals surface area contributed by atoms with Crippen molar-refractivity contribution in [2.45, 2.75) is 32.2 Å². The maximum atomic E-state index is 12.6. The highest BCUT2D eigenvalue weighted by Gasteiger charge is 2.29. The van der Waals surface area contributed by atoms with Gasteiger partial charge in [-0.15, -0.1) is 0 Å². The molecule has 2 aromatic carbocycles. The second-order valence-corrected chi connectivity index (χ2v) is 8.43. The Balaban J connectivity index is 1.31. The number of carbonyl (C=O) groups excluding carboxylic acids is 2. The first-order valence-corrected chi connectivity index (χ1v) is 11.0. The van der Waals surface area contributed by atoms with Crippen molar-refractivity contribution in [2.24, 2.45) is 5.92 Å². The minimum atomic E-state index is -0.228. The van der Waals surface area contributed by atoms with E-state index in [9.17, 15) is 9.59 Å². The second kappa shape index (κ2) is 9.76. The van der Waals surface area contributed by atoms with Crippen LogP contribution in [0.4, 0.5) is 5.69 Å². The highest BCUT2D eigenvalue weighted by Crippen LogP contribution is 2.27. The molecular weight excluding hydrogens is 388 g/mol. The van der Waals surface area contributed by atoms with Gasteiger partial charge in [0.2, 0.25) is 5.91 Å². The van der Waals surface area contributed by atoms with Crippen LogP contribution in [0.5, 0.6) is 0 Å². The molecule has 1 saturated carbocycles. The summed E-state index contributed by atoms with van der Waals surface area (Å²) in [5, 5.41) is 11.9. The summed E-state index contributed by atoms with van der Waals surface area (Å²) in [5.41, 5.74) is 2.79. The first-order valence-electron chi connectivity index (χ1n) is 11.0. The molecule has 6 nitrogen and oxygen atoms in total. The van der Waals surface area contributed by atoms with Crippen molar-refractivity contribution in [1.82, 2.24) is 9.80 Å². The number of nitrogens with one attached hydrogen (secondary N) is 1. The average Bonchev–Trinajstić information content (AvgIpc) is 3.34. The van der Waals surface area contributed by atoms with Gasteiger partial charge < -0.3 is 10.2 Å². The van der Waals surface area contributed by atoms with Crippen molar-refractivity contribution in [2.75, 3.05) is 31.5 Å². The number of nitriles is 1. The van der Waals surface area contributed by atoms with Crippen molar-refractivity contribution in [3.63, 3.8) is 0 Å². The zero-order valence-electron chi connectivity index (χ0n) is 17.7. The molecule has 2 aromatic rings. The lowest BCUT2D eigenvalue weighted by Gasteiger charge is -2.36. The van der Waals surface area contributed by atoms with Gasteiger partial charge in [-0.25, -0.2) is 0 Å². The number of hydrogen-bond acceptors (Lipinski definition) is 4. The molecule has 0 atom stereocenters. The number of piperazine rings is 1. The van der Waals surface area contributed by atoms with Crippen molar-refractivity contribution in [3.05, 3.63) is 65.2 Å². The normalized spacial score (nSPS) is 17.3. The molecule has 0 radical (unpaired) electrons. The van der Waals surface area contributed by atoms with Gasteiger partial charge in [-0.05, 0) is 48.7 Å². The molecular formula is C25H28N4O2. The van der Waals surface area contributed by atoms with E-state index in [1.807, 2.05) is 23.1 Å². The zero-order chi connectivity index (χ0) is 21.6. The van der Waals surface area contributed by atoms with Crippen LogP contribution in [0.15, 0.2) is 48.5 Å². The average molecular weight is 417 g/mol. The van der Waals surface area contributed by atoms with Crippen LogP contribution >= 0.6 is 0 Å². The molecule has 1 saturated heterocycles. The molecule has 0 bridgehead atoms. The Bertz CT molecular complexity index is 983. The summed E-state index contributed by atoms with van der Waals surface area (Å²) in [5.74, 6) is 0.372. The smallest absolute Gasteiger partial charge is 0.255 e. The van der Waals surface area contributed by atoms with E-state index in [1.54, 1.807) is 24.3 Å². The minimum absolute atomic E-state index is 0.228. The van der Waals surface area contributed by atoms with Gasteiger partial charge in [-0.1, -0.05) is 31.0 Å². The van der Waals surface area contributed by atoms with Gasteiger partial charge in [0.1, 0.15) is 0 Å². The standard InChI is InChI=1S/C25H28N4O2/c26-17-19-5-3-9-22(15-19)24(30)27-23-10-4-6-20(16-23)18-28-11-13-29(14-12-28)25(31)21-7-1-2-8-21/h3-6,9-10,15-16,21H,1-2,7-8,11-14,18H2,(H,27,30). The molecule has 0 spiro atoms. The van der Waals surface area contributed by atoms with E-state index in [0.29, 0.717) is 17.0 Å². The lowest BCUT2D eigenvalue weighted by Crippen LogP contribution is -2.49. The van der Waals surface area contributed by atoms with Crippen LogP contribution in [0.3, 0.4) is 0 Å². The first kappa shape index (κ1) is 21.1. The molecule has 1 N–H and O–H groups in total. The van der Waals surface area contributed by atoms with E-state index in [4.69, 9.17) is 5.26 Å². The number of rotatable bonds is 5. The topological polar surface area (TPSA) is 76.4 Å². The summed E-state index contributed by atoms with van der Waals surface area (Å²) < 4.78 is 0. The van der Waals surface area contributed by atoms with Gasteiger partial charge in [-0.2, -0.15) is 5.26 Å². The fourth-order valence-corrected chi connectivity index (χ4v) is 4.50. The number of amides is 2. The molecule has 1 aliphatic carbocycles. The SMILES string of the molecule is N#Cc1cccc(C(=O)Nc2cccc(CN3CCN(C(=O)C4CCCC4)CC3)c2)c1. The maximum absolute atomic E-state index is 12.6. The highest BCUT2D eigenvalue weighted by molar-refractivity contribution is 6.04. The number of carbonyl (C=O) groups is 2. The summed E-state index contributed by atoms with van der Waals surface area (Å²) in [6.45, 7) is 4.12. The monoisotopic (exact) mass is 416 g/mol. The molecule has 31 heavy (non-hydrogen) atoms. The van der Waals surface area contributed by atoms with Gasteiger partial charge >= 0.3 is 0 Å². The largest absolute Gasteiger partial charge is 0.340 e. The Labute approximate surface area is 183 Å². The molecule has 0 aromatic heterocycles. The molecule has 2 amide bonds. The third-order valence-corrected chi connectivity index (χ3v) is 6.23. The third kappa shape index (κ3) is 5.31. The minimum Gasteiger partial charge on any atom is -0.340 e. The van der Waals surface area contributed by atoms with E-state index in [2.05, 4.69) is 22.4 Å². The summed E-state index contributed by atoms with van der Waals surface area (Å²) in [6.07, 6.45) is 4.48. The number of benzene rings is 2. The van der Waals surface area contributed by atoms with Crippen LogP contribution in [-0.2, 0) is 11.3 Å². The molecule has 0 unspecified atom stereocenters. The summed E-state index contributed by atoms with van der Waals surface area (Å²) >= 11 is 0. The van der Waals surface area contributed by atoms with Crippen LogP contribution in [0.2, 0.25) is 0 Å². The maximum Gasteiger partial charge on any atom is 0.255 e. The fraction of sp³-hybridized carbons (Fsp3) is 0.400. The van der Waals surface area contributed by atoms with Crippen LogP contribution in [-0.4, -0.2) is 47.8 Å². The van der Waals surface area contributed by atoms with Crippen LogP contribution < -0.4 is 5.32 Å². The second-order valence-electron chi connectivity index (χ2n) is 8.43. The number of nitrogens with zero attached hydrogens (tertiary/aromatic N) is 3. The van der Waals surface area contributed by atoms with Crippen molar-refractivity contribution >= 4 is 17.5 Å². The van der Waals surface area contributed by atoms with Crippen LogP contribution in [0.1, 0.15) is 47.2 Å². The predicted octanol–water partition coefficient (Wildman–Crippen LogP) is 3.64. The molecule has 1 aliphatic heterocycles. The Hall–Kier alpha value is -3.17. The Morgan fingerprint density at radius 2 is 1.74 bits per heavy atom. The van der Waals surface area contributed by atoms with E-state index in [0.717, 1.165) is 56.8 Å². The van der Waals surface area contributed by atoms with Gasteiger partial charge in [0.05, 0.1) is 11.6 Å². The number of anilines is 1. The molecule has 1 heterocycles. The van der Waals surface area contributed by atoms with E-state index >= 15 is 0 Å². The quantitative estimate of drug-likeness (QED) is 0.807. The Kier molecular flexibility index (Phi) is 6.63. The van der Waals surface area contributed by atoms with E-state index < -0.39 is 0 Å². The van der Waals surface area contributed by atoms with Gasteiger partial charge in [0.15, 0.2) is 0 Å². The van der Waals surface area contributed by atoms with Gasteiger partial charge in [-0.3, -0.25) is 14.5 Å². The molecule has 160 valence electrons. The highest BCUT2D eigenvalue weighted by atomic mass is 16.2. The van der Waals surface area contributed by atoms with Crippen molar-refractivity contribution < 1.29 is 9.59 Å². The number of hydrogen-bond donors (Lipinski definition) is 1. The van der Waals surface area contributed by atoms with Crippen LogP contribution in [0, 0.1) is 17.2 Å². The summed E-state index contributed by atoms with van der Waals surface area (Å²) in [4.78, 5) is 29.5. The lowest BCUT2D eigenvalue weighted by molar-refractivity contribution is -0.137. The van der Waals surface area contributed by atoms with Crippen molar-refractivity contribution in [3.8, 4) is 6.07 Å². The van der Waals surface area contributed by atoms with Gasteiger partial charge in [0.25, 0.3) is 5.91 Å². The van der Waals surface area contributed by atoms with Crippen LogP contribution in [0.25, 0.3) is 0 Å². The molecule has 6 heteroatoms. The fourth-order valence-electron chi connectivity index (χ4n) is 4.50. The van der Waals surface area contributed by atoms with Crippen molar-refractivity contribution in [1.29, 1.82) is 5.26 Å². The van der Waals surface area contributed by atoms with E-state index in [1.165, 1.54) is 12.8 Å². The Morgan fingerprint density at radius 3 is 2.48 bits per heavy atom. The summed E-state index contributed by atoms with van der Waals surface area (Å²) in [6, 6.07) is 16.6. The molecule has 4 rings (SSSR count). The predicted molar refractivity (Wildman–Crippen MR) is 119 cm³/mol. The first-order chi connectivity index (χ1) is 15.1. The molecule has 2 fully saturated rings. The zero-order valence-corrected chi connectivity index (χ0v) is 17.7. The summed E-state index contributed by atoms with van der Waals surface area (Å²) in [7, 11) is 0. The third-order valence-electron chi connectivity index (χ3n) is 6.23. The lowest BCUT2D eigenvalue weighted by atomic mass is 10.1. The van der Waals surface area contributed by atoms with E-state index in [-0.39, 0.29) is 11.8 Å². The Morgan fingerprint density at radius 1 is 1.00 bits per heavy atom. The van der Waals surface area contributed by atoms with Gasteiger partial charge in [0, 0.05) is 49.9 Å².